The molecule has 0 aliphatic heterocycles. The van der Waals surface area contributed by atoms with Crippen LogP contribution in [-0.4, -0.2) is 26.5 Å². The van der Waals surface area contributed by atoms with Gasteiger partial charge in [-0.05, 0) is 30.4 Å². The van der Waals surface area contributed by atoms with E-state index in [1.165, 1.54) is 5.56 Å². The minimum absolute atomic E-state index is 0.159. The molecule has 0 spiro atoms. The van der Waals surface area contributed by atoms with Gasteiger partial charge >= 0.3 is 0 Å². The van der Waals surface area contributed by atoms with Crippen LogP contribution in [-0.2, 0) is 11.2 Å². The third kappa shape index (κ3) is 3.69. The van der Waals surface area contributed by atoms with Crippen LogP contribution in [0.4, 0.5) is 5.69 Å². The van der Waals surface area contributed by atoms with E-state index in [1.54, 1.807) is 0 Å². The predicted octanol–water partition coefficient (Wildman–Crippen LogP) is 3.63. The zero-order valence-electron chi connectivity index (χ0n) is 14.9. The van der Waals surface area contributed by atoms with Gasteiger partial charge < -0.3 is 5.32 Å². The molecule has 1 atom stereocenters. The van der Waals surface area contributed by atoms with E-state index in [1.807, 2.05) is 73.7 Å². The van der Waals surface area contributed by atoms with E-state index in [0.29, 0.717) is 12.2 Å². The van der Waals surface area contributed by atoms with Crippen molar-refractivity contribution in [3.8, 4) is 0 Å². The molecule has 0 bridgehead atoms. The van der Waals surface area contributed by atoms with E-state index in [2.05, 4.69) is 25.9 Å². The normalized spacial score (nSPS) is 12.0. The van der Waals surface area contributed by atoms with Crippen molar-refractivity contribution in [3.05, 3.63) is 83.7 Å². The average molecular weight is 357 g/mol. The van der Waals surface area contributed by atoms with E-state index in [-0.39, 0.29) is 5.91 Å². The first-order chi connectivity index (χ1) is 13.2. The van der Waals surface area contributed by atoms with Crippen molar-refractivity contribution >= 4 is 22.4 Å². The molecule has 1 heterocycles. The highest BCUT2D eigenvalue weighted by Gasteiger charge is 2.25. The van der Waals surface area contributed by atoms with Crippen LogP contribution in [0.15, 0.2) is 66.7 Å². The monoisotopic (exact) mass is 357 g/mol. The minimum atomic E-state index is -0.537. The van der Waals surface area contributed by atoms with Gasteiger partial charge in [0, 0.05) is 11.1 Å². The van der Waals surface area contributed by atoms with Gasteiger partial charge in [-0.2, -0.15) is 5.21 Å². The Labute approximate surface area is 156 Å². The van der Waals surface area contributed by atoms with Gasteiger partial charge in [-0.25, -0.2) is 0 Å². The van der Waals surface area contributed by atoms with E-state index >= 15 is 0 Å². The van der Waals surface area contributed by atoms with Gasteiger partial charge in [-0.15, -0.1) is 10.2 Å². The highest BCUT2D eigenvalue weighted by molar-refractivity contribution is 6.04. The van der Waals surface area contributed by atoms with E-state index in [0.717, 1.165) is 22.0 Å². The molecular weight excluding hydrogens is 338 g/mol. The van der Waals surface area contributed by atoms with Crippen LogP contribution in [0.25, 0.3) is 10.8 Å². The molecule has 0 radical (unpaired) electrons. The second kappa shape index (κ2) is 7.37. The number of carbonyl (C=O) groups excluding carboxylic acids is 1. The average Bonchev–Trinajstić information content (AvgIpc) is 3.22. The largest absolute Gasteiger partial charge is 0.325 e. The molecule has 27 heavy (non-hydrogen) atoms. The van der Waals surface area contributed by atoms with Crippen LogP contribution >= 0.6 is 0 Å². The van der Waals surface area contributed by atoms with Gasteiger partial charge in [0.1, 0.15) is 5.92 Å². The van der Waals surface area contributed by atoms with Gasteiger partial charge in [0.2, 0.25) is 5.91 Å². The minimum Gasteiger partial charge on any atom is -0.325 e. The molecule has 1 unspecified atom stereocenters. The van der Waals surface area contributed by atoms with E-state index in [4.69, 9.17) is 0 Å². The van der Waals surface area contributed by atoms with Crippen molar-refractivity contribution < 1.29 is 4.79 Å². The predicted molar refractivity (Wildman–Crippen MR) is 104 cm³/mol. The molecule has 1 aromatic heterocycles. The molecule has 0 aliphatic carbocycles. The summed E-state index contributed by atoms with van der Waals surface area (Å²) in [6, 6.07) is 21.9. The fourth-order valence-electron chi connectivity index (χ4n) is 3.13. The molecule has 4 rings (SSSR count). The highest BCUT2D eigenvalue weighted by atomic mass is 16.1. The molecule has 134 valence electrons. The summed E-state index contributed by atoms with van der Waals surface area (Å²) in [4.78, 5) is 13.1. The molecule has 2 N–H and O–H groups in total. The number of rotatable bonds is 5. The molecule has 3 aromatic carbocycles. The number of aromatic nitrogens is 4. The number of hydrogen-bond donors (Lipinski definition) is 2. The van der Waals surface area contributed by atoms with Crippen LogP contribution in [0.1, 0.15) is 22.9 Å². The summed E-state index contributed by atoms with van der Waals surface area (Å²) in [7, 11) is 0. The smallest absolute Gasteiger partial charge is 0.235 e. The van der Waals surface area contributed by atoms with Gasteiger partial charge in [0.25, 0.3) is 0 Å². The Morgan fingerprint density at radius 1 is 1.04 bits per heavy atom. The first-order valence-corrected chi connectivity index (χ1v) is 8.78. The first kappa shape index (κ1) is 16.9. The van der Waals surface area contributed by atoms with Crippen molar-refractivity contribution in [1.29, 1.82) is 0 Å². The zero-order chi connectivity index (χ0) is 18.6. The number of aryl methyl sites for hydroxylation is 1. The number of tetrazole rings is 1. The van der Waals surface area contributed by atoms with Gasteiger partial charge in [0.15, 0.2) is 5.82 Å². The number of benzene rings is 3. The fraction of sp³-hybridized carbons (Fsp3) is 0.143. The number of carbonyl (C=O) groups is 1. The molecule has 0 fully saturated rings. The molecule has 6 heteroatoms. The lowest BCUT2D eigenvalue weighted by molar-refractivity contribution is -0.117. The summed E-state index contributed by atoms with van der Waals surface area (Å²) >= 11 is 0. The maximum Gasteiger partial charge on any atom is 0.235 e. The van der Waals surface area contributed by atoms with Crippen LogP contribution < -0.4 is 5.32 Å². The lowest BCUT2D eigenvalue weighted by Crippen LogP contribution is -2.24. The fourth-order valence-corrected chi connectivity index (χ4v) is 3.13. The topological polar surface area (TPSA) is 83.6 Å². The lowest BCUT2D eigenvalue weighted by atomic mass is 9.96. The number of H-pyrrole nitrogens is 1. The molecule has 4 aromatic rings. The number of anilines is 1. The number of aromatic amines is 1. The summed E-state index contributed by atoms with van der Waals surface area (Å²) in [5.74, 6) is -0.313. The number of hydrogen-bond acceptors (Lipinski definition) is 4. The number of fused-ring (bicyclic) bond motifs is 1. The summed E-state index contributed by atoms with van der Waals surface area (Å²) in [6.07, 6.45) is 0.496. The van der Waals surface area contributed by atoms with Crippen molar-refractivity contribution in [2.24, 2.45) is 0 Å². The maximum absolute atomic E-state index is 13.1. The molecule has 0 aliphatic rings. The second-order valence-corrected chi connectivity index (χ2v) is 6.53. The van der Waals surface area contributed by atoms with E-state index < -0.39 is 5.92 Å². The molecular formula is C21H19N5O. The third-order valence-corrected chi connectivity index (χ3v) is 4.60. The van der Waals surface area contributed by atoms with E-state index in [9.17, 15) is 4.79 Å². The number of amides is 1. The second-order valence-electron chi connectivity index (χ2n) is 6.53. The summed E-state index contributed by atoms with van der Waals surface area (Å²) < 4.78 is 0. The highest BCUT2D eigenvalue weighted by Crippen LogP contribution is 2.25. The Balaban J connectivity index is 1.63. The number of nitrogens with one attached hydrogen (secondary N) is 2. The molecule has 0 saturated carbocycles. The molecule has 0 saturated heterocycles. The Hall–Kier alpha value is -3.54. The van der Waals surface area contributed by atoms with Crippen molar-refractivity contribution in [2.45, 2.75) is 19.3 Å². The maximum atomic E-state index is 13.1. The van der Waals surface area contributed by atoms with Crippen LogP contribution in [0.2, 0.25) is 0 Å². The Bertz CT molecular complexity index is 1050. The Morgan fingerprint density at radius 2 is 1.81 bits per heavy atom. The van der Waals surface area contributed by atoms with Crippen molar-refractivity contribution in [2.75, 3.05) is 5.32 Å². The quantitative estimate of drug-likeness (QED) is 0.571. The first-order valence-electron chi connectivity index (χ1n) is 8.78. The molecule has 6 nitrogen and oxygen atoms in total. The van der Waals surface area contributed by atoms with Crippen LogP contribution in [0.3, 0.4) is 0 Å². The van der Waals surface area contributed by atoms with Gasteiger partial charge in [0.05, 0.1) is 0 Å². The summed E-state index contributed by atoms with van der Waals surface area (Å²) in [6.45, 7) is 2.04. The van der Waals surface area contributed by atoms with Gasteiger partial charge in [-0.1, -0.05) is 71.4 Å². The van der Waals surface area contributed by atoms with Crippen molar-refractivity contribution in [1.82, 2.24) is 20.6 Å². The number of nitrogens with zero attached hydrogens (tertiary/aromatic N) is 3. The third-order valence-electron chi connectivity index (χ3n) is 4.60. The van der Waals surface area contributed by atoms with Crippen LogP contribution in [0.5, 0.6) is 0 Å². The summed E-state index contributed by atoms with van der Waals surface area (Å²) in [5, 5.41) is 19.3. The lowest BCUT2D eigenvalue weighted by Gasteiger charge is -2.15. The Kier molecular flexibility index (Phi) is 4.61. The summed E-state index contributed by atoms with van der Waals surface area (Å²) in [5.41, 5.74) is 2.99. The zero-order valence-corrected chi connectivity index (χ0v) is 14.9. The SMILES string of the molecule is Cc1ccc(CC(C(=O)Nc2cccc3ccccc23)c2nn[nH]n2)cc1. The van der Waals surface area contributed by atoms with Crippen LogP contribution in [0, 0.1) is 6.92 Å². The standard InChI is InChI=1S/C21H19N5O/c1-14-9-11-15(12-10-14)13-18(20-23-25-26-24-20)21(27)22-19-8-4-6-16-5-2-3-7-17(16)19/h2-12,18H,13H2,1H3,(H,22,27)(H,23,24,25,26). The van der Waals surface area contributed by atoms with Crippen molar-refractivity contribution in [3.63, 3.8) is 0 Å². The molecule has 1 amide bonds. The van der Waals surface area contributed by atoms with Gasteiger partial charge in [-0.3, -0.25) is 4.79 Å². The Morgan fingerprint density at radius 3 is 2.59 bits per heavy atom.